The first kappa shape index (κ1) is 59.3. The van der Waals surface area contributed by atoms with Crippen molar-refractivity contribution >= 4 is 56.2 Å². The van der Waals surface area contributed by atoms with Crippen molar-refractivity contribution in [2.75, 3.05) is 58.2 Å². The molecule has 2 amide bonds. The third-order valence-corrected chi connectivity index (χ3v) is 13.3. The number of anilines is 1. The van der Waals surface area contributed by atoms with Crippen molar-refractivity contribution in [2.24, 2.45) is 0 Å². The Kier molecular flexibility index (Phi) is 22.6. The summed E-state index contributed by atoms with van der Waals surface area (Å²) in [6, 6.07) is 8.67. The van der Waals surface area contributed by atoms with Gasteiger partial charge in [0.1, 0.15) is 38.8 Å². The van der Waals surface area contributed by atoms with Gasteiger partial charge in [-0.3, -0.25) is 9.59 Å². The lowest BCUT2D eigenvalue weighted by atomic mass is 9.98. The Balaban J connectivity index is 1.40. The summed E-state index contributed by atoms with van der Waals surface area (Å²) in [6.07, 6.45) is -9.14. The van der Waals surface area contributed by atoms with Crippen LogP contribution in [0.1, 0.15) is 48.0 Å². The van der Waals surface area contributed by atoms with E-state index in [0.717, 1.165) is 10.9 Å². The summed E-state index contributed by atoms with van der Waals surface area (Å²) in [6.45, 7) is 19.5. The third-order valence-electron chi connectivity index (χ3n) is 11.5. The number of aliphatic hydroxyl groups excluding tert-OH is 1. The molecule has 414 valence electrons. The van der Waals surface area contributed by atoms with Crippen LogP contribution in [0.2, 0.25) is 25.7 Å². The first-order chi connectivity index (χ1) is 36.4. The van der Waals surface area contributed by atoms with Crippen LogP contribution in [0.5, 0.6) is 17.2 Å². The zero-order valence-corrected chi connectivity index (χ0v) is 44.0. The standard InChI is InChI=1S/C52H66N2O21Si/c1-9-23-66-47(58)43-41(73-50(60)67-24-10-2)42(74-51(61)68-25-11-3)44(75-52(62)69-26-12-4)48(72-43)71-34-20-18-33(19-21-34)32-70-49(59)54-37-31-39(64-27-15-17-40(55)65-28-29-76(6,7)8)38(63-5)30-35(37)45(56)53-22-14-13-16-36(53)46(54)57/h9-12,18-21,30-31,36,41-44,46,48,57H,1-4,13-17,22-29,32H2,5-8H3/t36-,41-,42-,43-,44+,46?,48+/m0/s1. The number of ether oxygens (including phenoxy) is 13. The van der Waals surface area contributed by atoms with E-state index < -0.39 is 87.5 Å². The second kappa shape index (κ2) is 28.9. The Hall–Kier alpha value is -7.57. The molecule has 23 nitrogen and oxygen atoms in total. The topological polar surface area (TPSA) is 266 Å². The van der Waals surface area contributed by atoms with Gasteiger partial charge in [-0.2, -0.15) is 0 Å². The summed E-state index contributed by atoms with van der Waals surface area (Å²) in [4.78, 5) is 95.8. The van der Waals surface area contributed by atoms with E-state index in [1.807, 2.05) is 0 Å². The molecule has 1 unspecified atom stereocenters. The normalized spacial score (nSPS) is 20.8. The lowest BCUT2D eigenvalue weighted by molar-refractivity contribution is -0.276. The molecule has 0 bridgehead atoms. The van der Waals surface area contributed by atoms with Crippen LogP contribution in [0.4, 0.5) is 24.9 Å². The molecule has 5 rings (SSSR count). The smallest absolute Gasteiger partial charge is 0.493 e. The van der Waals surface area contributed by atoms with Gasteiger partial charge in [0.2, 0.25) is 12.4 Å². The fourth-order valence-corrected chi connectivity index (χ4v) is 8.58. The number of fused-ring (bicyclic) bond motifs is 2. The molecule has 7 atom stereocenters. The zero-order chi connectivity index (χ0) is 55.4. The average molecular weight is 1080 g/mol. The Morgan fingerprint density at radius 1 is 0.750 bits per heavy atom. The van der Waals surface area contributed by atoms with E-state index in [1.165, 1.54) is 72.7 Å². The number of carbonyl (C=O) groups is 7. The van der Waals surface area contributed by atoms with Crippen molar-refractivity contribution in [3.63, 3.8) is 0 Å². The molecule has 0 radical (unpaired) electrons. The summed E-state index contributed by atoms with van der Waals surface area (Å²) in [5.74, 6) is -1.64. The number of nitrogens with zero attached hydrogens (tertiary/aromatic N) is 2. The minimum atomic E-state index is -1.94. The number of hydrogen-bond acceptors (Lipinski definition) is 21. The minimum Gasteiger partial charge on any atom is -0.493 e. The monoisotopic (exact) mass is 1080 g/mol. The molecule has 0 aromatic heterocycles. The van der Waals surface area contributed by atoms with Crippen molar-refractivity contribution in [1.29, 1.82) is 0 Å². The van der Waals surface area contributed by atoms with Gasteiger partial charge in [0.05, 0.1) is 37.6 Å². The van der Waals surface area contributed by atoms with Gasteiger partial charge in [-0.1, -0.05) is 82.4 Å². The highest BCUT2D eigenvalue weighted by atomic mass is 28.3. The van der Waals surface area contributed by atoms with Crippen LogP contribution in [0, 0.1) is 0 Å². The highest BCUT2D eigenvalue weighted by Crippen LogP contribution is 2.41. The fourth-order valence-electron chi connectivity index (χ4n) is 7.87. The molecule has 2 aromatic carbocycles. The van der Waals surface area contributed by atoms with Gasteiger partial charge in [-0.15, -0.1) is 0 Å². The molecule has 2 fully saturated rings. The molecule has 24 heteroatoms. The number of methoxy groups -OCH3 is 1. The first-order valence-corrected chi connectivity index (χ1v) is 28.1. The van der Waals surface area contributed by atoms with Crippen molar-refractivity contribution in [3.8, 4) is 17.2 Å². The molecule has 0 aliphatic carbocycles. The molecular weight excluding hydrogens is 1020 g/mol. The second-order valence-corrected chi connectivity index (χ2v) is 23.9. The van der Waals surface area contributed by atoms with Crippen LogP contribution in [0.25, 0.3) is 0 Å². The molecule has 0 saturated carbocycles. The molecule has 0 spiro atoms. The number of hydrogen-bond donors (Lipinski definition) is 1. The molecule has 76 heavy (non-hydrogen) atoms. The Morgan fingerprint density at radius 3 is 1.96 bits per heavy atom. The van der Waals surface area contributed by atoms with Crippen LogP contribution in [-0.2, 0) is 63.6 Å². The van der Waals surface area contributed by atoms with Gasteiger partial charge >= 0.3 is 36.5 Å². The summed E-state index contributed by atoms with van der Waals surface area (Å²) in [7, 11) is 0.00144. The molecule has 3 heterocycles. The van der Waals surface area contributed by atoms with E-state index in [0.29, 0.717) is 44.4 Å². The summed E-state index contributed by atoms with van der Waals surface area (Å²) >= 11 is 0. The molecule has 2 aromatic rings. The number of esters is 2. The van der Waals surface area contributed by atoms with Gasteiger partial charge in [0.15, 0.2) is 36.0 Å². The first-order valence-electron chi connectivity index (χ1n) is 24.4. The van der Waals surface area contributed by atoms with Gasteiger partial charge < -0.3 is 71.6 Å². The highest BCUT2D eigenvalue weighted by Gasteiger charge is 2.57. The second-order valence-electron chi connectivity index (χ2n) is 18.3. The largest absolute Gasteiger partial charge is 0.509 e. The van der Waals surface area contributed by atoms with Crippen LogP contribution in [0.3, 0.4) is 0 Å². The molecule has 3 aliphatic rings. The Labute approximate surface area is 441 Å². The van der Waals surface area contributed by atoms with Gasteiger partial charge in [-0.05, 0) is 55.5 Å². The fraction of sp³-hybridized carbons (Fsp3) is 0.481. The van der Waals surface area contributed by atoms with Gasteiger partial charge in [0, 0.05) is 27.1 Å². The van der Waals surface area contributed by atoms with E-state index >= 15 is 0 Å². The van der Waals surface area contributed by atoms with E-state index in [2.05, 4.69) is 46.0 Å². The molecule has 1 N–H and O–H groups in total. The summed E-state index contributed by atoms with van der Waals surface area (Å²) < 4.78 is 71.6. The number of carbonyl (C=O) groups excluding carboxylic acids is 7. The van der Waals surface area contributed by atoms with Gasteiger partial charge in [-0.25, -0.2) is 28.9 Å². The molecule has 3 aliphatic heterocycles. The molecular formula is C52H66N2O21Si. The summed E-state index contributed by atoms with van der Waals surface area (Å²) in [5, 5.41) is 11.9. The van der Waals surface area contributed by atoms with E-state index in [-0.39, 0.29) is 80.5 Å². The maximum Gasteiger partial charge on any atom is 0.509 e. The molecule has 2 saturated heterocycles. The zero-order valence-electron chi connectivity index (χ0n) is 43.0. The maximum atomic E-state index is 14.3. The number of rotatable bonds is 25. The third kappa shape index (κ3) is 16.7. The van der Waals surface area contributed by atoms with Crippen molar-refractivity contribution < 1.29 is 100 Å². The predicted octanol–water partition coefficient (Wildman–Crippen LogP) is 7.16. The van der Waals surface area contributed by atoms with Crippen LogP contribution in [0.15, 0.2) is 87.0 Å². The number of piperidine rings is 1. The minimum absolute atomic E-state index is 0.00376. The van der Waals surface area contributed by atoms with E-state index in [4.69, 9.17) is 61.6 Å². The number of amides is 2. The van der Waals surface area contributed by atoms with Crippen molar-refractivity contribution in [2.45, 2.75) is 107 Å². The average Bonchev–Trinajstić information content (AvgIpc) is 3.54. The van der Waals surface area contributed by atoms with Crippen molar-refractivity contribution in [3.05, 3.63) is 98.1 Å². The van der Waals surface area contributed by atoms with Crippen molar-refractivity contribution in [1.82, 2.24) is 4.90 Å². The van der Waals surface area contributed by atoms with E-state index in [1.54, 1.807) is 0 Å². The number of benzene rings is 2. The lowest BCUT2D eigenvalue weighted by Gasteiger charge is -2.42. The quantitative estimate of drug-likeness (QED) is 0.0340. The SMILES string of the molecule is C=CCOC(=O)O[C@@H]1[C@@H](OC(=O)OCC=C)[C@H](Oc2ccc(COC(=O)N3c4cc(OCCCC(=O)OCC[Si](C)(C)C)c(OC)cc4C(=O)N4CCCC[C@H]4C3O)cc2)O[C@H](C(=O)OCC=C)[C@H]1OC(=O)OCC=C. The highest BCUT2D eigenvalue weighted by molar-refractivity contribution is 6.76. The Morgan fingerprint density at radius 2 is 1.36 bits per heavy atom. The summed E-state index contributed by atoms with van der Waals surface area (Å²) in [5.41, 5.74) is 0.442. The number of aliphatic hydroxyl groups is 1. The van der Waals surface area contributed by atoms with E-state index in [9.17, 15) is 38.7 Å². The van der Waals surface area contributed by atoms with Crippen LogP contribution in [-0.4, -0.2) is 157 Å². The van der Waals surface area contributed by atoms with Crippen LogP contribution >= 0.6 is 0 Å². The van der Waals surface area contributed by atoms with Crippen LogP contribution < -0.4 is 19.1 Å². The Bertz CT molecular complexity index is 2390. The lowest BCUT2D eigenvalue weighted by Crippen LogP contribution is -2.64. The predicted molar refractivity (Wildman–Crippen MR) is 270 cm³/mol. The maximum absolute atomic E-state index is 14.3. The van der Waals surface area contributed by atoms with Gasteiger partial charge in [0.25, 0.3) is 5.91 Å².